The summed E-state index contributed by atoms with van der Waals surface area (Å²) in [5.41, 5.74) is 0.826. The number of aromatic nitrogens is 1. The molecule has 0 aliphatic carbocycles. The first-order valence-corrected chi connectivity index (χ1v) is 3.51. The highest BCUT2D eigenvalue weighted by molar-refractivity contribution is 5.62. The van der Waals surface area contributed by atoms with E-state index in [-0.39, 0.29) is 12.5 Å². The number of carbonyl (C=O) groups excluding carboxylic acids is 2. The summed E-state index contributed by atoms with van der Waals surface area (Å²) in [6, 6.07) is 1.77. The Balaban J connectivity index is 2.56. The molecule has 0 aromatic carbocycles. The van der Waals surface area contributed by atoms with E-state index in [1.807, 2.05) is 0 Å². The number of aromatic amines is 1. The third kappa shape index (κ3) is 1.95. The molecule has 0 radical (unpaired) electrons. The number of aldehydes is 1. The van der Waals surface area contributed by atoms with Crippen molar-refractivity contribution in [3.63, 3.8) is 0 Å². The first kappa shape index (κ1) is 8.52. The molecule has 0 aliphatic heterocycles. The third-order valence-corrected chi connectivity index (χ3v) is 1.56. The number of hydrogen-bond acceptors (Lipinski definition) is 3. The molecule has 1 aromatic rings. The zero-order chi connectivity index (χ0) is 8.81. The summed E-state index contributed by atoms with van der Waals surface area (Å²) < 4.78 is 4.48. The van der Waals surface area contributed by atoms with Crippen LogP contribution in [0.3, 0.4) is 0 Å². The predicted octanol–water partition coefficient (Wildman–Crippen LogP) is 0.470. The van der Waals surface area contributed by atoms with Gasteiger partial charge >= 0.3 is 0 Å². The van der Waals surface area contributed by atoms with E-state index in [2.05, 4.69) is 9.72 Å². The minimum atomic E-state index is -0.360. The van der Waals surface area contributed by atoms with E-state index in [1.165, 1.54) is 0 Å². The van der Waals surface area contributed by atoms with Gasteiger partial charge < -0.3 is 14.5 Å². The Morgan fingerprint density at radius 2 is 2.42 bits per heavy atom. The second-order valence-electron chi connectivity index (χ2n) is 2.32. The topological polar surface area (TPSA) is 59.2 Å². The van der Waals surface area contributed by atoms with E-state index < -0.39 is 0 Å². The number of ether oxygens (including phenoxy) is 1. The molecule has 0 spiro atoms. The van der Waals surface area contributed by atoms with Crippen molar-refractivity contribution >= 4 is 12.8 Å². The summed E-state index contributed by atoms with van der Waals surface area (Å²) >= 11 is 0. The normalized spacial score (nSPS) is 12.0. The van der Waals surface area contributed by atoms with Crippen LogP contribution in [0.25, 0.3) is 0 Å². The first-order chi connectivity index (χ1) is 5.88. The Hall–Kier alpha value is -1.58. The van der Waals surface area contributed by atoms with Crippen molar-refractivity contribution in [3.8, 4) is 0 Å². The molecule has 0 saturated carbocycles. The lowest BCUT2D eigenvalue weighted by molar-refractivity contribution is -0.129. The van der Waals surface area contributed by atoms with Gasteiger partial charge in [-0.05, 0) is 11.6 Å². The van der Waals surface area contributed by atoms with Crippen molar-refractivity contribution in [1.29, 1.82) is 0 Å². The summed E-state index contributed by atoms with van der Waals surface area (Å²) in [7, 11) is 0. The fraction of sp³-hybridized carbons (Fsp3) is 0.250. The lowest BCUT2D eigenvalue weighted by Gasteiger charge is -2.04. The van der Waals surface area contributed by atoms with E-state index in [4.69, 9.17) is 0 Å². The summed E-state index contributed by atoms with van der Waals surface area (Å²) in [6.07, 6.45) is 4.17. The largest absolute Gasteiger partial charge is 0.467 e. The maximum absolute atomic E-state index is 10.5. The SMILES string of the molecule is O=COCC(C=O)c1cc[nH]c1. The minimum absolute atomic E-state index is 0.102. The van der Waals surface area contributed by atoms with Crippen LogP contribution >= 0.6 is 0 Å². The molecule has 1 unspecified atom stereocenters. The van der Waals surface area contributed by atoms with E-state index >= 15 is 0 Å². The van der Waals surface area contributed by atoms with Crippen molar-refractivity contribution in [2.75, 3.05) is 6.61 Å². The number of rotatable bonds is 5. The van der Waals surface area contributed by atoms with E-state index in [0.29, 0.717) is 6.47 Å². The van der Waals surface area contributed by atoms with Crippen molar-refractivity contribution < 1.29 is 14.3 Å². The molecule has 4 heteroatoms. The standard InChI is InChI=1S/C8H9NO3/c10-4-8(5-12-6-11)7-1-2-9-3-7/h1-4,6,8-9H,5H2. The zero-order valence-corrected chi connectivity index (χ0v) is 6.40. The second-order valence-corrected chi connectivity index (χ2v) is 2.32. The molecule has 0 saturated heterocycles. The molecule has 0 fully saturated rings. The second kappa shape index (κ2) is 4.33. The van der Waals surface area contributed by atoms with Crippen LogP contribution in [0, 0.1) is 0 Å². The monoisotopic (exact) mass is 167 g/mol. The lowest BCUT2D eigenvalue weighted by atomic mass is 10.1. The fourth-order valence-electron chi connectivity index (χ4n) is 0.924. The average Bonchev–Trinajstić information content (AvgIpc) is 2.59. The smallest absolute Gasteiger partial charge is 0.293 e. The molecule has 0 bridgehead atoms. The maximum Gasteiger partial charge on any atom is 0.293 e. The molecule has 1 aromatic heterocycles. The van der Waals surface area contributed by atoms with Crippen LogP contribution in [0.5, 0.6) is 0 Å². The molecule has 1 rings (SSSR count). The molecule has 0 amide bonds. The van der Waals surface area contributed by atoms with Crippen LogP contribution in [0.2, 0.25) is 0 Å². The van der Waals surface area contributed by atoms with Crippen molar-refractivity contribution in [2.24, 2.45) is 0 Å². The van der Waals surface area contributed by atoms with Gasteiger partial charge in [-0.2, -0.15) is 0 Å². The molecule has 64 valence electrons. The highest BCUT2D eigenvalue weighted by atomic mass is 16.5. The summed E-state index contributed by atoms with van der Waals surface area (Å²) in [5.74, 6) is -0.360. The Labute approximate surface area is 69.5 Å². The van der Waals surface area contributed by atoms with Crippen LogP contribution in [0.4, 0.5) is 0 Å². The average molecular weight is 167 g/mol. The van der Waals surface area contributed by atoms with Gasteiger partial charge in [0.1, 0.15) is 12.9 Å². The molecule has 1 atom stereocenters. The fourth-order valence-corrected chi connectivity index (χ4v) is 0.924. The molecule has 1 N–H and O–H groups in total. The molecular weight excluding hydrogens is 158 g/mol. The summed E-state index contributed by atoms with van der Waals surface area (Å²) in [5, 5.41) is 0. The molecule has 0 aliphatic rings. The van der Waals surface area contributed by atoms with E-state index in [0.717, 1.165) is 11.8 Å². The molecule has 1 heterocycles. The Kier molecular flexibility index (Phi) is 3.07. The van der Waals surface area contributed by atoms with Gasteiger partial charge in [-0.1, -0.05) is 0 Å². The van der Waals surface area contributed by atoms with Crippen LogP contribution in [0.1, 0.15) is 11.5 Å². The number of nitrogens with one attached hydrogen (secondary N) is 1. The van der Waals surface area contributed by atoms with Crippen molar-refractivity contribution in [2.45, 2.75) is 5.92 Å². The van der Waals surface area contributed by atoms with Gasteiger partial charge in [0.05, 0.1) is 5.92 Å². The van der Waals surface area contributed by atoms with Gasteiger partial charge in [0.25, 0.3) is 6.47 Å². The quantitative estimate of drug-likeness (QED) is 0.648. The van der Waals surface area contributed by atoms with Crippen molar-refractivity contribution in [3.05, 3.63) is 24.0 Å². The summed E-state index contributed by atoms with van der Waals surface area (Å²) in [6.45, 7) is 0.438. The van der Waals surface area contributed by atoms with Crippen LogP contribution < -0.4 is 0 Å². The van der Waals surface area contributed by atoms with Gasteiger partial charge in [-0.15, -0.1) is 0 Å². The highest BCUT2D eigenvalue weighted by Gasteiger charge is 2.10. The van der Waals surface area contributed by atoms with Gasteiger partial charge in [0.15, 0.2) is 0 Å². The van der Waals surface area contributed by atoms with Crippen LogP contribution in [-0.2, 0) is 14.3 Å². The van der Waals surface area contributed by atoms with Crippen LogP contribution in [0.15, 0.2) is 18.5 Å². The number of carbonyl (C=O) groups is 2. The highest BCUT2D eigenvalue weighted by Crippen LogP contribution is 2.11. The number of hydrogen-bond donors (Lipinski definition) is 1. The Bertz CT molecular complexity index is 243. The predicted molar refractivity (Wildman–Crippen MR) is 41.6 cm³/mol. The maximum atomic E-state index is 10.5. The summed E-state index contributed by atoms with van der Waals surface area (Å²) in [4.78, 5) is 23.2. The van der Waals surface area contributed by atoms with Gasteiger partial charge in [0, 0.05) is 12.4 Å². The number of H-pyrrole nitrogens is 1. The van der Waals surface area contributed by atoms with Crippen molar-refractivity contribution in [1.82, 2.24) is 4.98 Å². The molecule has 12 heavy (non-hydrogen) atoms. The third-order valence-electron chi connectivity index (χ3n) is 1.56. The van der Waals surface area contributed by atoms with Crippen LogP contribution in [-0.4, -0.2) is 24.3 Å². The van der Waals surface area contributed by atoms with E-state index in [1.54, 1.807) is 18.5 Å². The van der Waals surface area contributed by atoms with Gasteiger partial charge in [-0.25, -0.2) is 0 Å². The van der Waals surface area contributed by atoms with Gasteiger partial charge in [-0.3, -0.25) is 4.79 Å². The van der Waals surface area contributed by atoms with Gasteiger partial charge in [0.2, 0.25) is 0 Å². The molecule has 4 nitrogen and oxygen atoms in total. The minimum Gasteiger partial charge on any atom is -0.467 e. The first-order valence-electron chi connectivity index (χ1n) is 3.51. The Morgan fingerprint density at radius 3 is 2.92 bits per heavy atom. The van der Waals surface area contributed by atoms with E-state index in [9.17, 15) is 9.59 Å². The Morgan fingerprint density at radius 1 is 1.58 bits per heavy atom. The zero-order valence-electron chi connectivity index (χ0n) is 6.40. The lowest BCUT2D eigenvalue weighted by Crippen LogP contribution is -2.07. The molecular formula is C8H9NO3.